The molecule has 2 aromatic heterocycles. The Bertz CT molecular complexity index is 1260. The topological polar surface area (TPSA) is 86.1 Å². The van der Waals surface area contributed by atoms with Gasteiger partial charge in [-0.1, -0.05) is 11.3 Å². The van der Waals surface area contributed by atoms with Crippen LogP contribution < -0.4 is 5.32 Å². The van der Waals surface area contributed by atoms with E-state index in [1.807, 2.05) is 0 Å². The summed E-state index contributed by atoms with van der Waals surface area (Å²) in [5, 5.41) is 7.08. The van der Waals surface area contributed by atoms with E-state index in [-0.39, 0.29) is 17.3 Å². The fourth-order valence-electron chi connectivity index (χ4n) is 2.98. The van der Waals surface area contributed by atoms with Gasteiger partial charge in [0.05, 0.1) is 34.4 Å². The highest BCUT2D eigenvalue weighted by Crippen LogP contribution is 2.28. The zero-order valence-electron chi connectivity index (χ0n) is 16.5. The molecule has 7 nitrogen and oxygen atoms in total. The molecular weight excluding hydrogens is 426 g/mol. The minimum Gasteiger partial charge on any atom is -0.462 e. The third kappa shape index (κ3) is 4.02. The maximum atomic E-state index is 13.4. The molecule has 0 aliphatic carbocycles. The monoisotopic (exact) mass is 442 g/mol. The number of ether oxygens (including phenoxy) is 1. The molecule has 1 amide bonds. The van der Waals surface area contributed by atoms with Gasteiger partial charge in [-0.3, -0.25) is 10.1 Å². The maximum Gasteiger partial charge on any atom is 0.341 e. The van der Waals surface area contributed by atoms with Gasteiger partial charge in [0.2, 0.25) is 0 Å². The fourth-order valence-corrected chi connectivity index (χ4v) is 3.85. The van der Waals surface area contributed by atoms with Crippen LogP contribution in [-0.2, 0) is 4.74 Å². The summed E-state index contributed by atoms with van der Waals surface area (Å²) >= 11 is 1.05. The van der Waals surface area contributed by atoms with Crippen molar-refractivity contribution in [2.24, 2.45) is 0 Å². The number of aromatic nitrogens is 3. The van der Waals surface area contributed by atoms with Crippen LogP contribution in [0.25, 0.3) is 15.9 Å². The van der Waals surface area contributed by atoms with Crippen molar-refractivity contribution in [3.8, 4) is 5.69 Å². The number of nitrogens with one attached hydrogen (secondary N) is 1. The van der Waals surface area contributed by atoms with Gasteiger partial charge >= 0.3 is 5.97 Å². The van der Waals surface area contributed by atoms with Crippen LogP contribution in [0.1, 0.15) is 33.3 Å². The first-order valence-electron chi connectivity index (χ1n) is 9.26. The molecule has 1 N–H and O–H groups in total. The van der Waals surface area contributed by atoms with Crippen molar-refractivity contribution >= 4 is 38.6 Å². The van der Waals surface area contributed by atoms with Crippen LogP contribution in [0.3, 0.4) is 0 Å². The van der Waals surface area contributed by atoms with E-state index in [4.69, 9.17) is 4.74 Å². The fraction of sp³-hybridized carbons (Fsp3) is 0.143. The van der Waals surface area contributed by atoms with Crippen molar-refractivity contribution in [1.29, 1.82) is 0 Å². The van der Waals surface area contributed by atoms with Gasteiger partial charge in [0.15, 0.2) is 16.8 Å². The number of benzene rings is 2. The number of thiazole rings is 1. The second-order valence-corrected chi connectivity index (χ2v) is 7.56. The van der Waals surface area contributed by atoms with Crippen LogP contribution >= 0.6 is 11.3 Å². The Morgan fingerprint density at radius 2 is 1.87 bits per heavy atom. The number of amides is 1. The molecule has 0 fully saturated rings. The summed E-state index contributed by atoms with van der Waals surface area (Å²) in [4.78, 5) is 28.6. The summed E-state index contributed by atoms with van der Waals surface area (Å²) in [7, 11) is 0. The number of anilines is 1. The Morgan fingerprint density at radius 1 is 1.16 bits per heavy atom. The van der Waals surface area contributed by atoms with Crippen LogP contribution in [0.15, 0.2) is 42.6 Å². The van der Waals surface area contributed by atoms with Gasteiger partial charge in [-0.25, -0.2) is 23.2 Å². The second-order valence-electron chi connectivity index (χ2n) is 6.53. The molecule has 0 radical (unpaired) electrons. The molecular formula is C21H16F2N4O3S. The van der Waals surface area contributed by atoms with E-state index in [0.717, 1.165) is 23.5 Å². The molecule has 0 bridgehead atoms. The van der Waals surface area contributed by atoms with Crippen LogP contribution in [0.2, 0.25) is 0 Å². The number of halogens is 2. The van der Waals surface area contributed by atoms with E-state index < -0.39 is 23.5 Å². The molecule has 2 aromatic carbocycles. The lowest BCUT2D eigenvalue weighted by Crippen LogP contribution is -2.12. The molecule has 0 aliphatic rings. The van der Waals surface area contributed by atoms with Gasteiger partial charge in [0, 0.05) is 11.6 Å². The van der Waals surface area contributed by atoms with Crippen molar-refractivity contribution in [3.63, 3.8) is 0 Å². The molecule has 10 heteroatoms. The highest BCUT2D eigenvalue weighted by molar-refractivity contribution is 7.22. The lowest BCUT2D eigenvalue weighted by atomic mass is 10.2. The molecule has 0 unspecified atom stereocenters. The third-order valence-electron chi connectivity index (χ3n) is 4.53. The van der Waals surface area contributed by atoms with Gasteiger partial charge in [0.25, 0.3) is 5.91 Å². The van der Waals surface area contributed by atoms with Gasteiger partial charge < -0.3 is 4.74 Å². The number of esters is 1. The molecule has 0 spiro atoms. The second kappa shape index (κ2) is 8.23. The summed E-state index contributed by atoms with van der Waals surface area (Å²) < 4.78 is 33.7. The van der Waals surface area contributed by atoms with Crippen LogP contribution in [-0.4, -0.2) is 33.2 Å². The molecule has 0 saturated heterocycles. The Hall–Kier alpha value is -3.66. The summed E-state index contributed by atoms with van der Waals surface area (Å²) in [6.45, 7) is 3.75. The summed E-state index contributed by atoms with van der Waals surface area (Å²) in [5.74, 6) is -2.83. The predicted molar refractivity (Wildman–Crippen MR) is 112 cm³/mol. The Labute approximate surface area is 179 Å². The van der Waals surface area contributed by atoms with Crippen molar-refractivity contribution in [2.45, 2.75) is 13.8 Å². The van der Waals surface area contributed by atoms with Crippen LogP contribution in [0, 0.1) is 18.6 Å². The van der Waals surface area contributed by atoms with Gasteiger partial charge in [-0.15, -0.1) is 0 Å². The first-order chi connectivity index (χ1) is 14.9. The Morgan fingerprint density at radius 3 is 2.58 bits per heavy atom. The smallest absolute Gasteiger partial charge is 0.341 e. The first-order valence-corrected chi connectivity index (χ1v) is 10.1. The Balaban J connectivity index is 1.52. The van der Waals surface area contributed by atoms with E-state index in [2.05, 4.69) is 15.4 Å². The molecule has 4 rings (SSSR count). The van der Waals surface area contributed by atoms with Crippen molar-refractivity contribution in [2.75, 3.05) is 11.9 Å². The largest absolute Gasteiger partial charge is 0.462 e. The lowest BCUT2D eigenvalue weighted by Gasteiger charge is -2.07. The van der Waals surface area contributed by atoms with E-state index in [9.17, 15) is 18.4 Å². The first kappa shape index (κ1) is 20.6. The molecule has 0 atom stereocenters. The minimum atomic E-state index is -0.994. The lowest BCUT2D eigenvalue weighted by molar-refractivity contribution is 0.0525. The number of rotatable bonds is 5. The quantitative estimate of drug-likeness (QED) is 0.460. The number of carbonyl (C=O) groups is 2. The third-order valence-corrected chi connectivity index (χ3v) is 5.46. The number of hydrogen-bond donors (Lipinski definition) is 1. The number of carbonyl (C=O) groups excluding carboxylic acids is 2. The summed E-state index contributed by atoms with van der Waals surface area (Å²) in [5.41, 5.74) is 2.27. The van der Waals surface area contributed by atoms with E-state index in [0.29, 0.717) is 27.2 Å². The van der Waals surface area contributed by atoms with Crippen LogP contribution in [0.4, 0.5) is 13.9 Å². The van der Waals surface area contributed by atoms with E-state index in [1.54, 1.807) is 42.8 Å². The molecule has 0 aliphatic heterocycles. The molecule has 4 aromatic rings. The average molecular weight is 442 g/mol. The normalized spacial score (nSPS) is 11.0. The minimum absolute atomic E-state index is 0.232. The predicted octanol–water partition coefficient (Wildman–Crippen LogP) is 4.50. The highest BCUT2D eigenvalue weighted by atomic mass is 32.1. The van der Waals surface area contributed by atoms with Crippen molar-refractivity contribution in [1.82, 2.24) is 14.8 Å². The van der Waals surface area contributed by atoms with Crippen LogP contribution in [0.5, 0.6) is 0 Å². The van der Waals surface area contributed by atoms with Gasteiger partial charge in [0.1, 0.15) is 5.56 Å². The van der Waals surface area contributed by atoms with Crippen molar-refractivity contribution in [3.05, 3.63) is 71.1 Å². The average Bonchev–Trinajstić information content (AvgIpc) is 3.31. The molecule has 2 heterocycles. The zero-order chi connectivity index (χ0) is 22.1. The number of fused-ring (bicyclic) bond motifs is 1. The summed E-state index contributed by atoms with van der Waals surface area (Å²) in [6, 6.07) is 8.61. The summed E-state index contributed by atoms with van der Waals surface area (Å²) in [6.07, 6.45) is 1.44. The van der Waals surface area contributed by atoms with Crippen molar-refractivity contribution < 1.29 is 23.1 Å². The van der Waals surface area contributed by atoms with Gasteiger partial charge in [-0.2, -0.15) is 5.10 Å². The standard InChI is InChI=1S/C21H16F2N4O3S/c1-3-30-20(29)14-10-24-27(11(14)2)13-6-4-12(5-7-13)19(28)26-21-25-17-8-15(22)16(23)9-18(17)31-21/h4-10H,3H2,1-2H3,(H,25,26,28). The SMILES string of the molecule is CCOC(=O)c1cnn(-c2ccc(C(=O)Nc3nc4cc(F)c(F)cc4s3)cc2)c1C. The number of hydrogen-bond acceptors (Lipinski definition) is 6. The maximum absolute atomic E-state index is 13.4. The zero-order valence-corrected chi connectivity index (χ0v) is 17.3. The molecule has 0 saturated carbocycles. The Kier molecular flexibility index (Phi) is 5.47. The van der Waals surface area contributed by atoms with Gasteiger partial charge in [-0.05, 0) is 44.2 Å². The van der Waals surface area contributed by atoms with E-state index >= 15 is 0 Å². The highest BCUT2D eigenvalue weighted by Gasteiger charge is 2.17. The number of nitrogens with zero attached hydrogens (tertiary/aromatic N) is 3. The molecule has 158 valence electrons. The van der Waals surface area contributed by atoms with E-state index in [1.165, 1.54) is 6.20 Å². The molecule has 31 heavy (non-hydrogen) atoms.